The van der Waals surface area contributed by atoms with Crippen LogP contribution in [0.5, 0.6) is 5.75 Å². The van der Waals surface area contributed by atoms with Crippen LogP contribution in [0.25, 0.3) is 5.69 Å². The van der Waals surface area contributed by atoms with Crippen LogP contribution in [-0.2, 0) is 11.3 Å². The van der Waals surface area contributed by atoms with Crippen LogP contribution >= 0.6 is 34.4 Å². The number of thioether (sulfide) groups is 1. The molecule has 1 aromatic carbocycles. The van der Waals surface area contributed by atoms with Crippen LogP contribution in [-0.4, -0.2) is 43.9 Å². The highest BCUT2D eigenvalue weighted by Gasteiger charge is 2.18. The van der Waals surface area contributed by atoms with Gasteiger partial charge in [-0.1, -0.05) is 17.8 Å². The quantitative estimate of drug-likeness (QED) is 0.318. The Kier molecular flexibility index (Phi) is 7.70. The molecule has 0 atom stereocenters. The minimum Gasteiger partial charge on any atom is -0.494 e. The summed E-state index contributed by atoms with van der Waals surface area (Å²) >= 11 is 3.97. The third-order valence-electron chi connectivity index (χ3n) is 4.27. The van der Waals surface area contributed by atoms with Gasteiger partial charge in [-0.05, 0) is 42.6 Å². The molecule has 0 saturated carbocycles. The Morgan fingerprint density at radius 1 is 1.12 bits per heavy atom. The molecule has 0 saturated heterocycles. The first-order valence-electron chi connectivity index (χ1n) is 9.95. The number of nitrogens with zero attached hydrogens (tertiary/aromatic N) is 4. The molecule has 2 amide bonds. The van der Waals surface area contributed by atoms with E-state index in [1.165, 1.54) is 34.4 Å². The molecule has 0 radical (unpaired) electrons. The summed E-state index contributed by atoms with van der Waals surface area (Å²) in [5, 5.41) is 18.9. The minimum absolute atomic E-state index is 0.135. The lowest BCUT2D eigenvalue weighted by Gasteiger charge is -2.12. The number of amides is 2. The zero-order valence-corrected chi connectivity index (χ0v) is 20.0. The highest BCUT2D eigenvalue weighted by atomic mass is 32.2. The lowest BCUT2D eigenvalue weighted by molar-refractivity contribution is -0.113. The Morgan fingerprint density at radius 3 is 2.67 bits per heavy atom. The molecule has 0 fully saturated rings. The maximum Gasteiger partial charge on any atom is 0.261 e. The maximum absolute atomic E-state index is 12.4. The number of aromatic nitrogens is 4. The van der Waals surface area contributed by atoms with Crippen molar-refractivity contribution >= 4 is 51.4 Å². The van der Waals surface area contributed by atoms with Crippen molar-refractivity contribution in [3.8, 4) is 11.4 Å². The van der Waals surface area contributed by atoms with E-state index in [0.717, 1.165) is 11.4 Å². The predicted octanol–water partition coefficient (Wildman–Crippen LogP) is 3.84. The number of ether oxygens (including phenoxy) is 1. The van der Waals surface area contributed by atoms with Gasteiger partial charge >= 0.3 is 0 Å². The first kappa shape index (κ1) is 23.0. The molecule has 12 heteroatoms. The smallest absolute Gasteiger partial charge is 0.261 e. The monoisotopic (exact) mass is 500 g/mol. The van der Waals surface area contributed by atoms with E-state index in [-0.39, 0.29) is 24.1 Å². The summed E-state index contributed by atoms with van der Waals surface area (Å²) in [6.07, 6.45) is 1.63. The van der Waals surface area contributed by atoms with E-state index in [1.807, 2.05) is 47.2 Å². The van der Waals surface area contributed by atoms with Crippen molar-refractivity contribution in [2.45, 2.75) is 18.6 Å². The molecule has 0 bridgehead atoms. The van der Waals surface area contributed by atoms with Crippen LogP contribution in [0.3, 0.4) is 0 Å². The van der Waals surface area contributed by atoms with Crippen molar-refractivity contribution in [1.29, 1.82) is 0 Å². The topological polar surface area (TPSA) is 111 Å². The van der Waals surface area contributed by atoms with Gasteiger partial charge in [-0.3, -0.25) is 14.2 Å². The molecule has 0 aliphatic carbocycles. The summed E-state index contributed by atoms with van der Waals surface area (Å²) in [6, 6.07) is 11.1. The van der Waals surface area contributed by atoms with E-state index in [1.54, 1.807) is 17.6 Å². The summed E-state index contributed by atoms with van der Waals surface area (Å²) < 4.78 is 7.35. The molecule has 33 heavy (non-hydrogen) atoms. The average Bonchev–Trinajstić information content (AvgIpc) is 3.59. The molecule has 4 rings (SSSR count). The fourth-order valence-corrected chi connectivity index (χ4v) is 4.81. The molecule has 3 aromatic heterocycles. The van der Waals surface area contributed by atoms with Crippen molar-refractivity contribution in [3.63, 3.8) is 0 Å². The SMILES string of the molecule is CCOc1ccc(-n2c(CNC(=O)c3cccs3)nnc2SCC(=O)Nc2nccs2)cc1. The number of nitrogens with one attached hydrogen (secondary N) is 2. The van der Waals surface area contributed by atoms with Crippen molar-refractivity contribution < 1.29 is 14.3 Å². The van der Waals surface area contributed by atoms with Crippen LogP contribution in [0.4, 0.5) is 5.13 Å². The van der Waals surface area contributed by atoms with Gasteiger partial charge in [-0.25, -0.2) is 4.98 Å². The Morgan fingerprint density at radius 2 is 1.97 bits per heavy atom. The first-order chi connectivity index (χ1) is 16.1. The fourth-order valence-electron chi connectivity index (χ4n) is 2.85. The second-order valence-corrected chi connectivity index (χ2v) is 9.28. The summed E-state index contributed by atoms with van der Waals surface area (Å²) in [4.78, 5) is 29.4. The molecule has 0 aliphatic rings. The molecular formula is C21H20N6O3S3. The van der Waals surface area contributed by atoms with Crippen LogP contribution in [0.2, 0.25) is 0 Å². The molecular weight excluding hydrogens is 480 g/mol. The largest absolute Gasteiger partial charge is 0.494 e. The first-order valence-corrected chi connectivity index (χ1v) is 12.7. The predicted molar refractivity (Wildman–Crippen MR) is 129 cm³/mol. The van der Waals surface area contributed by atoms with E-state index >= 15 is 0 Å². The number of anilines is 1. The Hall–Kier alpha value is -3.22. The van der Waals surface area contributed by atoms with Crippen molar-refractivity contribution in [1.82, 2.24) is 25.1 Å². The van der Waals surface area contributed by atoms with Crippen LogP contribution in [0.1, 0.15) is 22.4 Å². The molecule has 0 unspecified atom stereocenters. The molecule has 4 aromatic rings. The summed E-state index contributed by atoms with van der Waals surface area (Å²) in [6.45, 7) is 2.68. The van der Waals surface area contributed by atoms with Gasteiger partial charge in [0.15, 0.2) is 16.1 Å². The second kappa shape index (κ2) is 11.1. The number of hydrogen-bond acceptors (Lipinski definition) is 9. The minimum atomic E-state index is -0.191. The Balaban J connectivity index is 1.52. The summed E-state index contributed by atoms with van der Waals surface area (Å²) in [5.41, 5.74) is 0.798. The zero-order chi connectivity index (χ0) is 23.0. The Labute approximate surface area is 202 Å². The molecule has 2 N–H and O–H groups in total. The molecule has 0 aliphatic heterocycles. The number of rotatable bonds is 10. The van der Waals surface area contributed by atoms with Gasteiger partial charge in [0, 0.05) is 17.3 Å². The van der Waals surface area contributed by atoms with Gasteiger partial charge in [0.2, 0.25) is 5.91 Å². The van der Waals surface area contributed by atoms with Crippen LogP contribution < -0.4 is 15.4 Å². The van der Waals surface area contributed by atoms with Crippen molar-refractivity contribution in [2.75, 3.05) is 17.7 Å². The lowest BCUT2D eigenvalue weighted by atomic mass is 10.3. The second-order valence-electron chi connectivity index (χ2n) is 6.50. The zero-order valence-electron chi connectivity index (χ0n) is 17.6. The molecule has 170 valence electrons. The summed E-state index contributed by atoms with van der Waals surface area (Å²) in [5.74, 6) is 1.06. The Bertz CT molecular complexity index is 1190. The van der Waals surface area contributed by atoms with Crippen LogP contribution in [0.15, 0.2) is 58.5 Å². The highest BCUT2D eigenvalue weighted by Crippen LogP contribution is 2.24. The number of thiophene rings is 1. The van der Waals surface area contributed by atoms with E-state index in [2.05, 4.69) is 25.8 Å². The van der Waals surface area contributed by atoms with Gasteiger partial charge in [0.05, 0.1) is 23.8 Å². The van der Waals surface area contributed by atoms with Crippen molar-refractivity contribution in [2.24, 2.45) is 0 Å². The number of carbonyl (C=O) groups excluding carboxylic acids is 2. The number of carbonyl (C=O) groups is 2. The van der Waals surface area contributed by atoms with E-state index in [0.29, 0.717) is 27.6 Å². The number of benzene rings is 1. The summed E-state index contributed by atoms with van der Waals surface area (Å²) in [7, 11) is 0. The molecule has 9 nitrogen and oxygen atoms in total. The van der Waals surface area contributed by atoms with Gasteiger partial charge in [0.25, 0.3) is 5.91 Å². The van der Waals surface area contributed by atoms with Gasteiger partial charge in [-0.15, -0.1) is 32.9 Å². The van der Waals surface area contributed by atoms with E-state index in [9.17, 15) is 9.59 Å². The molecule has 3 heterocycles. The third kappa shape index (κ3) is 5.97. The average molecular weight is 501 g/mol. The lowest BCUT2D eigenvalue weighted by Crippen LogP contribution is -2.24. The number of thiazole rings is 1. The standard InChI is InChI=1S/C21H20N6O3S3/c1-2-30-15-7-5-14(6-8-15)27-17(12-23-19(29)16-4-3-10-31-16)25-26-21(27)33-13-18(28)24-20-22-9-11-32-20/h3-11H,2,12-13H2,1H3,(H,23,29)(H,22,24,28). The third-order valence-corrected chi connectivity index (χ3v) is 6.76. The fraction of sp³-hybridized carbons (Fsp3) is 0.190. The normalized spacial score (nSPS) is 10.7. The highest BCUT2D eigenvalue weighted by molar-refractivity contribution is 7.99. The van der Waals surface area contributed by atoms with Gasteiger partial charge in [-0.2, -0.15) is 0 Å². The van der Waals surface area contributed by atoms with Crippen LogP contribution in [0, 0.1) is 0 Å². The molecule has 0 spiro atoms. The number of hydrogen-bond donors (Lipinski definition) is 2. The van der Waals surface area contributed by atoms with Gasteiger partial charge in [0.1, 0.15) is 5.75 Å². The van der Waals surface area contributed by atoms with E-state index < -0.39 is 0 Å². The van der Waals surface area contributed by atoms with Crippen molar-refractivity contribution in [3.05, 3.63) is 64.1 Å². The van der Waals surface area contributed by atoms with E-state index in [4.69, 9.17) is 4.74 Å². The van der Waals surface area contributed by atoms with Gasteiger partial charge < -0.3 is 15.4 Å². The maximum atomic E-state index is 12.4.